The molecule has 0 aliphatic rings. The number of hydrogen-bond acceptors (Lipinski definition) is 9. The molecule has 3 rings (SSSR count). The lowest BCUT2D eigenvalue weighted by Crippen LogP contribution is -2.11. The van der Waals surface area contributed by atoms with Gasteiger partial charge in [-0.25, -0.2) is 9.97 Å². The Morgan fingerprint density at radius 1 is 1.14 bits per heavy atom. The van der Waals surface area contributed by atoms with E-state index in [1.165, 1.54) is 16.9 Å². The first-order chi connectivity index (χ1) is 13.7. The Bertz CT molecular complexity index is 873. The number of benzene rings is 1. The number of aliphatic hydroxyl groups excluding tert-OH is 1. The molecule has 2 heterocycles. The largest absolute Gasteiger partial charge is 0.394 e. The van der Waals surface area contributed by atoms with E-state index in [0.717, 1.165) is 21.4 Å². The quantitative estimate of drug-likeness (QED) is 0.247. The number of fused-ring (bicyclic) bond motifs is 1. The molecule has 0 bridgehead atoms. The van der Waals surface area contributed by atoms with Crippen LogP contribution >= 0.6 is 23.1 Å². The first-order valence-corrected chi connectivity index (χ1v) is 11.0. The highest BCUT2D eigenvalue weighted by Gasteiger charge is 2.14. The maximum Gasteiger partial charge on any atom is 0.191 e. The van der Waals surface area contributed by atoms with Crippen LogP contribution in [0.15, 0.2) is 35.5 Å². The van der Waals surface area contributed by atoms with E-state index < -0.39 is 0 Å². The maximum atomic E-state index is 8.74. The summed E-state index contributed by atoms with van der Waals surface area (Å²) in [4.78, 5) is 14.0. The number of rotatable bonds is 11. The molecule has 3 aromatic rings. The second-order valence-electron chi connectivity index (χ2n) is 6.36. The maximum absolute atomic E-state index is 8.74. The Labute approximate surface area is 173 Å². The van der Waals surface area contributed by atoms with E-state index in [4.69, 9.17) is 14.8 Å². The molecule has 1 aromatic carbocycles. The van der Waals surface area contributed by atoms with Crippen LogP contribution in [0.3, 0.4) is 0 Å². The average Bonchev–Trinajstić information content (AvgIpc) is 3.10. The Kier molecular flexibility index (Phi) is 7.84. The number of aromatic nitrogens is 3. The third kappa shape index (κ3) is 6.03. The third-order valence-corrected chi connectivity index (χ3v) is 5.56. The van der Waals surface area contributed by atoms with Crippen molar-refractivity contribution in [2.75, 3.05) is 37.0 Å². The number of anilines is 2. The van der Waals surface area contributed by atoms with Gasteiger partial charge in [-0.2, -0.15) is 4.98 Å². The van der Waals surface area contributed by atoms with Crippen LogP contribution in [0.5, 0.6) is 0 Å². The summed E-state index contributed by atoms with van der Waals surface area (Å²) in [5.41, 5.74) is 1.93. The smallest absolute Gasteiger partial charge is 0.191 e. The van der Waals surface area contributed by atoms with Gasteiger partial charge in [0.15, 0.2) is 21.8 Å². The van der Waals surface area contributed by atoms with Gasteiger partial charge in [0.1, 0.15) is 4.70 Å². The standard InChI is InChI=1S/C19H25N5O2S2/c1-13(2)21-16-15-17(22-18(28-15)20-8-10-26-11-9-25)24-19(23-16)27-12-14-6-4-3-5-7-14/h3-7,13,25H,8-12H2,1-2H3,(H2,20,21,22,23,24). The highest BCUT2D eigenvalue weighted by Crippen LogP contribution is 2.32. The molecule has 3 N–H and O–H groups in total. The Morgan fingerprint density at radius 3 is 2.71 bits per heavy atom. The van der Waals surface area contributed by atoms with E-state index in [9.17, 15) is 0 Å². The van der Waals surface area contributed by atoms with E-state index in [2.05, 4.69) is 46.6 Å². The Hall–Kier alpha value is -1.94. The second kappa shape index (κ2) is 10.6. The average molecular weight is 420 g/mol. The van der Waals surface area contributed by atoms with Gasteiger partial charge in [0, 0.05) is 18.3 Å². The predicted octanol–water partition coefficient (Wildman–Crippen LogP) is 3.62. The zero-order valence-electron chi connectivity index (χ0n) is 16.0. The van der Waals surface area contributed by atoms with Crippen molar-refractivity contribution in [1.82, 2.24) is 15.0 Å². The lowest BCUT2D eigenvalue weighted by atomic mass is 10.2. The van der Waals surface area contributed by atoms with Gasteiger partial charge in [0.2, 0.25) is 0 Å². The molecule has 0 unspecified atom stereocenters. The van der Waals surface area contributed by atoms with Crippen LogP contribution in [0, 0.1) is 0 Å². The minimum Gasteiger partial charge on any atom is -0.394 e. The van der Waals surface area contributed by atoms with Crippen molar-refractivity contribution in [3.63, 3.8) is 0 Å². The van der Waals surface area contributed by atoms with E-state index in [1.54, 1.807) is 11.8 Å². The van der Waals surface area contributed by atoms with Gasteiger partial charge in [-0.05, 0) is 19.4 Å². The van der Waals surface area contributed by atoms with Gasteiger partial charge in [0.05, 0.1) is 19.8 Å². The number of thiazole rings is 1. The minimum atomic E-state index is 0.0321. The monoisotopic (exact) mass is 419 g/mol. The fourth-order valence-corrected chi connectivity index (χ4v) is 4.11. The summed E-state index contributed by atoms with van der Waals surface area (Å²) >= 11 is 3.13. The van der Waals surface area contributed by atoms with E-state index >= 15 is 0 Å². The fourth-order valence-electron chi connectivity index (χ4n) is 2.43. The normalized spacial score (nSPS) is 11.3. The van der Waals surface area contributed by atoms with Crippen LogP contribution in [-0.4, -0.2) is 52.5 Å². The van der Waals surface area contributed by atoms with Gasteiger partial charge >= 0.3 is 0 Å². The molecule has 0 spiro atoms. The topological polar surface area (TPSA) is 92.2 Å². The van der Waals surface area contributed by atoms with Crippen LogP contribution in [0.1, 0.15) is 19.4 Å². The van der Waals surface area contributed by atoms with Crippen molar-refractivity contribution in [2.24, 2.45) is 0 Å². The molecule has 0 atom stereocenters. The molecule has 0 fully saturated rings. The summed E-state index contributed by atoms with van der Waals surface area (Å²) in [6.07, 6.45) is 0. The molecule has 0 radical (unpaired) electrons. The lowest BCUT2D eigenvalue weighted by molar-refractivity contribution is 0.0992. The fraction of sp³-hybridized carbons (Fsp3) is 0.421. The van der Waals surface area contributed by atoms with E-state index in [-0.39, 0.29) is 12.6 Å². The van der Waals surface area contributed by atoms with Crippen LogP contribution in [0.2, 0.25) is 0 Å². The van der Waals surface area contributed by atoms with Gasteiger partial charge in [0.25, 0.3) is 0 Å². The molecule has 9 heteroatoms. The zero-order valence-corrected chi connectivity index (χ0v) is 17.6. The van der Waals surface area contributed by atoms with Crippen LogP contribution in [-0.2, 0) is 10.5 Å². The van der Waals surface area contributed by atoms with Crippen molar-refractivity contribution in [2.45, 2.75) is 30.8 Å². The molecule has 150 valence electrons. The number of hydrogen-bond donors (Lipinski definition) is 3. The molecule has 0 aliphatic carbocycles. The van der Waals surface area contributed by atoms with E-state index in [1.807, 2.05) is 18.2 Å². The van der Waals surface area contributed by atoms with Gasteiger partial charge in [-0.3, -0.25) is 0 Å². The summed E-state index contributed by atoms with van der Waals surface area (Å²) in [7, 11) is 0. The van der Waals surface area contributed by atoms with Gasteiger partial charge < -0.3 is 20.5 Å². The molecule has 0 saturated heterocycles. The summed E-state index contributed by atoms with van der Waals surface area (Å²) < 4.78 is 6.21. The molecule has 28 heavy (non-hydrogen) atoms. The highest BCUT2D eigenvalue weighted by molar-refractivity contribution is 7.98. The third-order valence-electron chi connectivity index (χ3n) is 3.63. The summed E-state index contributed by atoms with van der Waals surface area (Å²) in [5, 5.41) is 16.9. The zero-order chi connectivity index (χ0) is 19.8. The Balaban J connectivity index is 1.75. The summed E-state index contributed by atoms with van der Waals surface area (Å²) in [6.45, 7) is 5.68. The molecule has 2 aromatic heterocycles. The van der Waals surface area contributed by atoms with Crippen LogP contribution < -0.4 is 10.6 Å². The molecule has 0 aliphatic heterocycles. The summed E-state index contributed by atoms with van der Waals surface area (Å²) in [6, 6.07) is 10.5. The van der Waals surface area contributed by atoms with Crippen molar-refractivity contribution in [3.05, 3.63) is 35.9 Å². The van der Waals surface area contributed by atoms with Crippen molar-refractivity contribution < 1.29 is 9.84 Å². The van der Waals surface area contributed by atoms with Crippen molar-refractivity contribution in [3.8, 4) is 0 Å². The number of nitrogens with zero attached hydrogens (tertiary/aromatic N) is 3. The number of aliphatic hydroxyl groups is 1. The first kappa shape index (κ1) is 20.8. The van der Waals surface area contributed by atoms with Gasteiger partial charge in [-0.1, -0.05) is 53.4 Å². The van der Waals surface area contributed by atoms with Crippen molar-refractivity contribution in [1.29, 1.82) is 0 Å². The highest BCUT2D eigenvalue weighted by atomic mass is 32.2. The number of thioether (sulfide) groups is 1. The second-order valence-corrected chi connectivity index (χ2v) is 8.30. The first-order valence-electron chi connectivity index (χ1n) is 9.20. The van der Waals surface area contributed by atoms with Crippen LogP contribution in [0.4, 0.5) is 10.9 Å². The van der Waals surface area contributed by atoms with Crippen LogP contribution in [0.25, 0.3) is 10.3 Å². The van der Waals surface area contributed by atoms with E-state index in [0.29, 0.717) is 30.6 Å². The summed E-state index contributed by atoms with van der Waals surface area (Å²) in [5.74, 6) is 1.63. The molecule has 0 saturated carbocycles. The molecular formula is C19H25N5O2S2. The number of ether oxygens (including phenoxy) is 1. The minimum absolute atomic E-state index is 0.0321. The SMILES string of the molecule is CC(C)Nc1nc(SCc2ccccc2)nc2nc(NCCOCCO)sc12. The number of nitrogens with one attached hydrogen (secondary N) is 2. The molecule has 7 nitrogen and oxygen atoms in total. The predicted molar refractivity (Wildman–Crippen MR) is 116 cm³/mol. The molecule has 0 amide bonds. The Morgan fingerprint density at radius 2 is 1.96 bits per heavy atom. The van der Waals surface area contributed by atoms with Crippen molar-refractivity contribution >= 4 is 44.4 Å². The molecular weight excluding hydrogens is 394 g/mol. The lowest BCUT2D eigenvalue weighted by Gasteiger charge is -2.10. The van der Waals surface area contributed by atoms with Gasteiger partial charge in [-0.15, -0.1) is 0 Å².